The van der Waals surface area contributed by atoms with Gasteiger partial charge in [0.05, 0.1) is 12.0 Å². The van der Waals surface area contributed by atoms with Crippen molar-refractivity contribution in [2.75, 3.05) is 13.2 Å². The van der Waals surface area contributed by atoms with Crippen LogP contribution in [0.2, 0.25) is 0 Å². The van der Waals surface area contributed by atoms with E-state index in [-0.39, 0.29) is 12.3 Å². The van der Waals surface area contributed by atoms with Crippen molar-refractivity contribution >= 4 is 11.9 Å². The van der Waals surface area contributed by atoms with Crippen molar-refractivity contribution in [2.24, 2.45) is 0 Å². The number of hydrogen-bond acceptors (Lipinski definition) is 3. The lowest BCUT2D eigenvalue weighted by Crippen LogP contribution is -2.53. The normalized spacial score (nSPS) is 20.8. The molecule has 0 spiro atoms. The van der Waals surface area contributed by atoms with Crippen LogP contribution in [0.25, 0.3) is 0 Å². The van der Waals surface area contributed by atoms with Gasteiger partial charge < -0.3 is 15.2 Å². The summed E-state index contributed by atoms with van der Waals surface area (Å²) < 4.78 is 5.33. The second-order valence-corrected chi connectivity index (χ2v) is 7.37. The van der Waals surface area contributed by atoms with E-state index < -0.39 is 11.5 Å². The topological polar surface area (TPSA) is 75.6 Å². The second kappa shape index (κ2) is 8.00. The molecule has 1 aromatic rings. The Labute approximate surface area is 148 Å². The van der Waals surface area contributed by atoms with Crippen molar-refractivity contribution in [3.05, 3.63) is 35.4 Å². The van der Waals surface area contributed by atoms with Crippen LogP contribution in [0.15, 0.2) is 24.3 Å². The largest absolute Gasteiger partial charge is 0.481 e. The van der Waals surface area contributed by atoms with Crippen molar-refractivity contribution in [3.8, 4) is 0 Å². The molecule has 25 heavy (non-hydrogen) atoms. The van der Waals surface area contributed by atoms with E-state index in [0.717, 1.165) is 0 Å². The zero-order valence-electron chi connectivity index (χ0n) is 14.6. The summed E-state index contributed by atoms with van der Waals surface area (Å²) >= 11 is 0. The van der Waals surface area contributed by atoms with Gasteiger partial charge in [-0.25, -0.2) is 0 Å². The van der Waals surface area contributed by atoms with Gasteiger partial charge in [0.15, 0.2) is 0 Å². The van der Waals surface area contributed by atoms with Gasteiger partial charge in [0.1, 0.15) is 0 Å². The highest BCUT2D eigenvalue weighted by Crippen LogP contribution is 2.32. The van der Waals surface area contributed by atoms with Crippen molar-refractivity contribution < 1.29 is 19.4 Å². The fraction of sp³-hybridized carbons (Fsp3) is 0.600. The van der Waals surface area contributed by atoms with Crippen molar-refractivity contribution in [3.63, 3.8) is 0 Å². The Morgan fingerprint density at radius 2 is 1.72 bits per heavy atom. The van der Waals surface area contributed by atoms with Gasteiger partial charge in [-0.05, 0) is 49.3 Å². The summed E-state index contributed by atoms with van der Waals surface area (Å²) in [6.45, 7) is 0.961. The molecule has 0 aromatic heterocycles. The number of nitrogens with one attached hydrogen (secondary N) is 1. The molecule has 1 amide bonds. The molecule has 5 heteroatoms. The molecule has 1 saturated carbocycles. The summed E-state index contributed by atoms with van der Waals surface area (Å²) in [5, 5.41) is 12.2. The molecular weight excluding hydrogens is 318 g/mol. The van der Waals surface area contributed by atoms with Crippen LogP contribution in [-0.4, -0.2) is 35.7 Å². The van der Waals surface area contributed by atoms with Crippen LogP contribution in [-0.2, 0) is 9.53 Å². The van der Waals surface area contributed by atoms with E-state index in [0.29, 0.717) is 37.5 Å². The third-order valence-corrected chi connectivity index (χ3v) is 5.57. The maximum Gasteiger partial charge on any atom is 0.305 e. The number of carboxylic acid groups (broad SMARTS) is 1. The molecule has 2 aliphatic rings. The molecule has 2 N–H and O–H groups in total. The molecule has 0 unspecified atom stereocenters. The minimum absolute atomic E-state index is 0.0672. The SMILES string of the molecule is O=C(O)CC1(NC(=O)c2ccc(C3CCCCC3)cc2)CCOCC1. The first-order valence-electron chi connectivity index (χ1n) is 9.30. The number of rotatable bonds is 5. The number of carbonyl (C=O) groups is 2. The van der Waals surface area contributed by atoms with Crippen LogP contribution in [0, 0.1) is 0 Å². The van der Waals surface area contributed by atoms with Gasteiger partial charge in [-0.2, -0.15) is 0 Å². The smallest absolute Gasteiger partial charge is 0.305 e. The van der Waals surface area contributed by atoms with Crippen molar-refractivity contribution in [2.45, 2.75) is 62.8 Å². The summed E-state index contributed by atoms with van der Waals surface area (Å²) in [5.41, 5.74) is 1.20. The molecular formula is C20H27NO4. The Balaban J connectivity index is 1.67. The molecule has 2 fully saturated rings. The van der Waals surface area contributed by atoms with Crippen molar-refractivity contribution in [1.29, 1.82) is 0 Å². The van der Waals surface area contributed by atoms with Crippen LogP contribution in [0.4, 0.5) is 0 Å². The van der Waals surface area contributed by atoms with E-state index in [2.05, 4.69) is 17.4 Å². The fourth-order valence-corrected chi connectivity index (χ4v) is 4.05. The Morgan fingerprint density at radius 1 is 1.08 bits per heavy atom. The Morgan fingerprint density at radius 3 is 2.32 bits per heavy atom. The number of carboxylic acids is 1. The van der Waals surface area contributed by atoms with E-state index in [1.807, 2.05) is 12.1 Å². The lowest BCUT2D eigenvalue weighted by molar-refractivity contribution is -0.139. The highest BCUT2D eigenvalue weighted by molar-refractivity contribution is 5.95. The number of ether oxygens (including phenoxy) is 1. The van der Waals surface area contributed by atoms with E-state index in [1.54, 1.807) is 0 Å². The summed E-state index contributed by atoms with van der Waals surface area (Å²) in [6.07, 6.45) is 7.35. The monoisotopic (exact) mass is 345 g/mol. The first kappa shape index (κ1) is 17.9. The summed E-state index contributed by atoms with van der Waals surface area (Å²) in [5.74, 6) is -0.479. The van der Waals surface area contributed by atoms with Gasteiger partial charge in [0.25, 0.3) is 5.91 Å². The molecule has 5 nitrogen and oxygen atoms in total. The van der Waals surface area contributed by atoms with Gasteiger partial charge in [-0.3, -0.25) is 9.59 Å². The molecule has 1 heterocycles. The third kappa shape index (κ3) is 4.60. The minimum Gasteiger partial charge on any atom is -0.481 e. The molecule has 1 aromatic carbocycles. The first-order chi connectivity index (χ1) is 12.1. The number of amides is 1. The zero-order chi connectivity index (χ0) is 17.7. The van der Waals surface area contributed by atoms with Crippen LogP contribution in [0.5, 0.6) is 0 Å². The van der Waals surface area contributed by atoms with Gasteiger partial charge >= 0.3 is 5.97 Å². The molecule has 0 radical (unpaired) electrons. The fourth-order valence-electron chi connectivity index (χ4n) is 4.05. The number of aliphatic carboxylic acids is 1. The summed E-state index contributed by atoms with van der Waals surface area (Å²) in [7, 11) is 0. The molecule has 1 saturated heterocycles. The summed E-state index contributed by atoms with van der Waals surface area (Å²) in [6, 6.07) is 7.84. The van der Waals surface area contributed by atoms with E-state index in [4.69, 9.17) is 4.74 Å². The standard InChI is InChI=1S/C20H27NO4/c22-18(23)14-20(10-12-25-13-11-20)21-19(24)17-8-6-16(7-9-17)15-4-2-1-3-5-15/h6-9,15H,1-5,10-14H2,(H,21,24)(H,22,23). The third-order valence-electron chi connectivity index (χ3n) is 5.57. The Hall–Kier alpha value is -1.88. The van der Waals surface area contributed by atoms with Crippen LogP contribution in [0.3, 0.4) is 0 Å². The highest BCUT2D eigenvalue weighted by Gasteiger charge is 2.36. The van der Waals surface area contributed by atoms with Crippen LogP contribution in [0.1, 0.15) is 73.2 Å². The predicted octanol–water partition coefficient (Wildman–Crippen LogP) is 3.49. The lowest BCUT2D eigenvalue weighted by Gasteiger charge is -2.36. The van der Waals surface area contributed by atoms with E-state index in [9.17, 15) is 14.7 Å². The quantitative estimate of drug-likeness (QED) is 0.856. The second-order valence-electron chi connectivity index (χ2n) is 7.37. The molecule has 136 valence electrons. The highest BCUT2D eigenvalue weighted by atomic mass is 16.5. The predicted molar refractivity (Wildman–Crippen MR) is 94.8 cm³/mol. The van der Waals surface area contributed by atoms with Gasteiger partial charge in [0.2, 0.25) is 0 Å². The maximum absolute atomic E-state index is 12.6. The van der Waals surface area contributed by atoms with Gasteiger partial charge in [-0.15, -0.1) is 0 Å². The Bertz CT molecular complexity index is 599. The average Bonchev–Trinajstić information content (AvgIpc) is 2.62. The Kier molecular flexibility index (Phi) is 5.74. The number of hydrogen-bond donors (Lipinski definition) is 2. The zero-order valence-corrected chi connectivity index (χ0v) is 14.6. The van der Waals surface area contributed by atoms with Crippen LogP contribution >= 0.6 is 0 Å². The number of benzene rings is 1. The number of carbonyl (C=O) groups excluding carboxylic acids is 1. The summed E-state index contributed by atoms with van der Waals surface area (Å²) in [4.78, 5) is 23.9. The molecule has 0 bridgehead atoms. The maximum atomic E-state index is 12.6. The lowest BCUT2D eigenvalue weighted by atomic mass is 9.83. The van der Waals surface area contributed by atoms with Gasteiger partial charge in [-0.1, -0.05) is 31.4 Å². The van der Waals surface area contributed by atoms with Crippen LogP contribution < -0.4 is 5.32 Å². The molecule has 1 aliphatic carbocycles. The van der Waals surface area contributed by atoms with Crippen molar-refractivity contribution in [1.82, 2.24) is 5.32 Å². The molecule has 0 atom stereocenters. The first-order valence-corrected chi connectivity index (χ1v) is 9.30. The average molecular weight is 345 g/mol. The molecule has 1 aliphatic heterocycles. The van der Waals surface area contributed by atoms with Gasteiger partial charge in [0, 0.05) is 18.8 Å². The molecule has 3 rings (SSSR count). The minimum atomic E-state index is -0.894. The van der Waals surface area contributed by atoms with E-state index >= 15 is 0 Å². The van der Waals surface area contributed by atoms with E-state index in [1.165, 1.54) is 37.7 Å².